The predicted octanol–water partition coefficient (Wildman–Crippen LogP) is 1.91. The monoisotopic (exact) mass is 351 g/mol. The largest absolute Gasteiger partial charge is 0.355 e. The van der Waals surface area contributed by atoms with Crippen LogP contribution in [0.5, 0.6) is 0 Å². The van der Waals surface area contributed by atoms with Gasteiger partial charge in [-0.15, -0.1) is 0 Å². The fourth-order valence-electron chi connectivity index (χ4n) is 4.25. The molecule has 0 radical (unpaired) electrons. The van der Waals surface area contributed by atoms with Gasteiger partial charge in [-0.2, -0.15) is 0 Å². The summed E-state index contributed by atoms with van der Waals surface area (Å²) in [5.74, 6) is 1.08. The van der Waals surface area contributed by atoms with Crippen LogP contribution in [-0.2, 0) is 11.3 Å². The Kier molecular flexibility index (Phi) is 4.49. The number of amides is 1. The molecule has 6 nitrogen and oxygen atoms in total. The highest BCUT2D eigenvalue weighted by Crippen LogP contribution is 2.36. The van der Waals surface area contributed by atoms with Crippen LogP contribution in [0.25, 0.3) is 10.9 Å². The third kappa shape index (κ3) is 3.23. The molecule has 2 aliphatic heterocycles. The van der Waals surface area contributed by atoms with Gasteiger partial charge in [0.15, 0.2) is 5.96 Å². The number of para-hydroxylation sites is 1. The van der Waals surface area contributed by atoms with Crippen LogP contribution in [0.3, 0.4) is 0 Å². The number of hydrogen-bond donors (Lipinski definition) is 2. The number of aliphatic imine (C=N–C) groups is 1. The Labute approximate surface area is 153 Å². The molecule has 2 aromatic rings. The lowest BCUT2D eigenvalue weighted by Gasteiger charge is -2.40. The van der Waals surface area contributed by atoms with E-state index in [4.69, 9.17) is 0 Å². The van der Waals surface area contributed by atoms with Gasteiger partial charge >= 0.3 is 0 Å². The molecule has 1 aromatic heterocycles. The SMILES string of the molecule is CN=C(NCc1cccc2cccnc12)N1CCCC2(CNC(=O)C2)C1. The van der Waals surface area contributed by atoms with E-state index in [-0.39, 0.29) is 11.3 Å². The van der Waals surface area contributed by atoms with E-state index in [1.807, 2.05) is 19.3 Å². The van der Waals surface area contributed by atoms with Crippen molar-refractivity contribution in [3.8, 4) is 0 Å². The number of fused-ring (bicyclic) bond motifs is 1. The van der Waals surface area contributed by atoms with Gasteiger partial charge in [0.2, 0.25) is 5.91 Å². The van der Waals surface area contributed by atoms with E-state index in [2.05, 4.69) is 49.8 Å². The molecule has 136 valence electrons. The number of rotatable bonds is 2. The number of pyridine rings is 1. The summed E-state index contributed by atoms with van der Waals surface area (Å²) in [5.41, 5.74) is 2.25. The van der Waals surface area contributed by atoms with Crippen molar-refractivity contribution in [3.63, 3.8) is 0 Å². The van der Waals surface area contributed by atoms with Crippen LogP contribution in [0, 0.1) is 5.41 Å². The van der Waals surface area contributed by atoms with Gasteiger partial charge in [-0.25, -0.2) is 0 Å². The third-order valence-electron chi connectivity index (χ3n) is 5.52. The zero-order chi connectivity index (χ0) is 18.0. The van der Waals surface area contributed by atoms with E-state index in [0.717, 1.165) is 54.9 Å². The maximum absolute atomic E-state index is 11.7. The summed E-state index contributed by atoms with van der Waals surface area (Å²) < 4.78 is 0. The van der Waals surface area contributed by atoms with Crippen molar-refractivity contribution in [3.05, 3.63) is 42.1 Å². The lowest BCUT2D eigenvalue weighted by Crippen LogP contribution is -2.51. The van der Waals surface area contributed by atoms with Crippen LogP contribution in [0.1, 0.15) is 24.8 Å². The van der Waals surface area contributed by atoms with Gasteiger partial charge in [-0.05, 0) is 24.5 Å². The number of carbonyl (C=O) groups excluding carboxylic acids is 1. The van der Waals surface area contributed by atoms with E-state index in [1.54, 1.807) is 0 Å². The molecule has 6 heteroatoms. The van der Waals surface area contributed by atoms with E-state index < -0.39 is 0 Å². The lowest BCUT2D eigenvalue weighted by atomic mass is 9.79. The van der Waals surface area contributed by atoms with E-state index in [0.29, 0.717) is 13.0 Å². The number of benzene rings is 1. The number of piperidine rings is 1. The van der Waals surface area contributed by atoms with Crippen LogP contribution < -0.4 is 10.6 Å². The first kappa shape index (κ1) is 16.8. The second-order valence-electron chi connectivity index (χ2n) is 7.37. The van der Waals surface area contributed by atoms with Crippen molar-refractivity contribution >= 4 is 22.8 Å². The van der Waals surface area contributed by atoms with E-state index >= 15 is 0 Å². The summed E-state index contributed by atoms with van der Waals surface area (Å²) >= 11 is 0. The minimum atomic E-state index is 0.0634. The Morgan fingerprint density at radius 1 is 1.38 bits per heavy atom. The molecule has 1 amide bonds. The van der Waals surface area contributed by atoms with Gasteiger partial charge < -0.3 is 15.5 Å². The summed E-state index contributed by atoms with van der Waals surface area (Å²) in [4.78, 5) is 23.0. The molecule has 2 N–H and O–H groups in total. The summed E-state index contributed by atoms with van der Waals surface area (Å²) in [6, 6.07) is 10.3. The average Bonchev–Trinajstić information content (AvgIpc) is 3.02. The number of carbonyl (C=O) groups is 1. The number of hydrogen-bond acceptors (Lipinski definition) is 3. The molecule has 1 atom stereocenters. The Bertz CT molecular complexity index is 844. The maximum atomic E-state index is 11.7. The molecule has 3 heterocycles. The van der Waals surface area contributed by atoms with Gasteiger partial charge in [-0.3, -0.25) is 14.8 Å². The van der Waals surface area contributed by atoms with E-state index in [1.165, 1.54) is 0 Å². The molecule has 1 aromatic carbocycles. The number of guanidine groups is 1. The zero-order valence-corrected chi connectivity index (χ0v) is 15.2. The standard InChI is InChI=1S/C20H25N5O/c1-21-19(25-10-4-8-20(14-25)11-17(26)24-13-20)23-12-16-6-2-5-15-7-3-9-22-18(15)16/h2-3,5-7,9H,4,8,10-14H2,1H3,(H,21,23)(H,24,26). The molecule has 2 aliphatic rings. The maximum Gasteiger partial charge on any atom is 0.220 e. The molecule has 0 aliphatic carbocycles. The molecule has 2 saturated heterocycles. The molecule has 0 bridgehead atoms. The topological polar surface area (TPSA) is 69.6 Å². The minimum Gasteiger partial charge on any atom is -0.355 e. The van der Waals surface area contributed by atoms with Crippen LogP contribution in [0.15, 0.2) is 41.5 Å². The number of nitrogens with one attached hydrogen (secondary N) is 2. The Morgan fingerprint density at radius 3 is 3.08 bits per heavy atom. The fourth-order valence-corrected chi connectivity index (χ4v) is 4.25. The first-order chi connectivity index (χ1) is 12.7. The molecule has 1 unspecified atom stereocenters. The highest BCUT2D eigenvalue weighted by Gasteiger charge is 2.42. The summed E-state index contributed by atoms with van der Waals surface area (Å²) in [6.45, 7) is 3.32. The van der Waals surface area contributed by atoms with Crippen molar-refractivity contribution in [2.24, 2.45) is 10.4 Å². The smallest absolute Gasteiger partial charge is 0.220 e. The van der Waals surface area contributed by atoms with Crippen molar-refractivity contribution in [2.75, 3.05) is 26.7 Å². The molecule has 4 rings (SSSR count). The van der Waals surface area contributed by atoms with Crippen molar-refractivity contribution in [1.82, 2.24) is 20.5 Å². The highest BCUT2D eigenvalue weighted by atomic mass is 16.1. The van der Waals surface area contributed by atoms with Gasteiger partial charge in [0, 0.05) is 56.6 Å². The third-order valence-corrected chi connectivity index (χ3v) is 5.52. The first-order valence-corrected chi connectivity index (χ1v) is 9.24. The van der Waals surface area contributed by atoms with Crippen molar-refractivity contribution < 1.29 is 4.79 Å². The summed E-state index contributed by atoms with van der Waals surface area (Å²) in [5, 5.41) is 7.64. The van der Waals surface area contributed by atoms with Crippen LogP contribution >= 0.6 is 0 Å². The van der Waals surface area contributed by atoms with Gasteiger partial charge in [-0.1, -0.05) is 24.3 Å². The second-order valence-corrected chi connectivity index (χ2v) is 7.37. The quantitative estimate of drug-likeness (QED) is 0.641. The van der Waals surface area contributed by atoms with Crippen molar-refractivity contribution in [1.29, 1.82) is 0 Å². The van der Waals surface area contributed by atoms with E-state index in [9.17, 15) is 4.79 Å². The van der Waals surface area contributed by atoms with Gasteiger partial charge in [0.05, 0.1) is 5.52 Å². The second kappa shape index (κ2) is 6.94. The normalized spacial score (nSPS) is 23.5. The fraction of sp³-hybridized carbons (Fsp3) is 0.450. The molecule has 0 saturated carbocycles. The molecular weight excluding hydrogens is 326 g/mol. The van der Waals surface area contributed by atoms with Crippen LogP contribution in [-0.4, -0.2) is 48.4 Å². The minimum absolute atomic E-state index is 0.0634. The van der Waals surface area contributed by atoms with Crippen LogP contribution in [0.4, 0.5) is 0 Å². The number of aromatic nitrogens is 1. The number of likely N-dealkylation sites (tertiary alicyclic amines) is 1. The molecular formula is C20H25N5O. The lowest BCUT2D eigenvalue weighted by molar-refractivity contribution is -0.119. The first-order valence-electron chi connectivity index (χ1n) is 9.24. The van der Waals surface area contributed by atoms with Gasteiger partial charge in [0.25, 0.3) is 0 Å². The number of nitrogens with zero attached hydrogens (tertiary/aromatic N) is 3. The summed E-state index contributed by atoms with van der Waals surface area (Å²) in [7, 11) is 1.82. The molecule has 26 heavy (non-hydrogen) atoms. The zero-order valence-electron chi connectivity index (χ0n) is 15.2. The predicted molar refractivity (Wildman–Crippen MR) is 103 cm³/mol. The Morgan fingerprint density at radius 2 is 2.27 bits per heavy atom. The van der Waals surface area contributed by atoms with Crippen molar-refractivity contribution in [2.45, 2.75) is 25.8 Å². The van der Waals surface area contributed by atoms with Crippen LogP contribution in [0.2, 0.25) is 0 Å². The average molecular weight is 351 g/mol. The molecule has 1 spiro atoms. The highest BCUT2D eigenvalue weighted by molar-refractivity contribution is 5.84. The molecule has 2 fully saturated rings. The van der Waals surface area contributed by atoms with Gasteiger partial charge in [0.1, 0.15) is 0 Å². The summed E-state index contributed by atoms with van der Waals surface area (Å²) in [6.07, 6.45) is 4.66. The Hall–Kier alpha value is -2.63. The Balaban J connectivity index is 1.47.